The number of anilines is 1. The predicted octanol–water partition coefficient (Wildman–Crippen LogP) is 4.50. The molecule has 3 aromatic rings. The number of hydrogen-bond acceptors (Lipinski definition) is 4. The summed E-state index contributed by atoms with van der Waals surface area (Å²) in [4.78, 5) is 14.8. The Morgan fingerprint density at radius 3 is 2.54 bits per heavy atom. The van der Waals surface area contributed by atoms with Crippen LogP contribution in [0, 0.1) is 6.92 Å². The molecule has 0 aliphatic heterocycles. The van der Waals surface area contributed by atoms with Crippen LogP contribution in [-0.2, 0) is 24.3 Å². The van der Waals surface area contributed by atoms with Gasteiger partial charge < -0.3 is 14.8 Å². The first kappa shape index (κ1) is 19.7. The van der Waals surface area contributed by atoms with Crippen LogP contribution < -0.4 is 5.32 Å². The molecule has 3 rings (SSSR count). The highest BCUT2D eigenvalue weighted by molar-refractivity contribution is 5.93. The SMILES string of the molecule is CCc1cccc(C)c1NC(=O)CN(Cc1ccco1)Cc1ccccc1O. The smallest absolute Gasteiger partial charge is 0.238 e. The van der Waals surface area contributed by atoms with Gasteiger partial charge in [0.2, 0.25) is 5.91 Å². The number of benzene rings is 2. The van der Waals surface area contributed by atoms with E-state index in [-0.39, 0.29) is 18.2 Å². The van der Waals surface area contributed by atoms with Crippen LogP contribution in [0.1, 0.15) is 29.4 Å². The highest BCUT2D eigenvalue weighted by Gasteiger charge is 2.16. The Kier molecular flexibility index (Phi) is 6.50. The molecule has 2 N–H and O–H groups in total. The van der Waals surface area contributed by atoms with E-state index in [2.05, 4.69) is 12.2 Å². The summed E-state index contributed by atoms with van der Waals surface area (Å²) in [6, 6.07) is 16.9. The monoisotopic (exact) mass is 378 g/mol. The van der Waals surface area contributed by atoms with Gasteiger partial charge in [0, 0.05) is 17.8 Å². The van der Waals surface area contributed by atoms with Crippen LogP contribution in [-0.4, -0.2) is 22.5 Å². The summed E-state index contributed by atoms with van der Waals surface area (Å²) in [5, 5.41) is 13.2. The van der Waals surface area contributed by atoms with Gasteiger partial charge in [-0.1, -0.05) is 43.3 Å². The zero-order valence-corrected chi connectivity index (χ0v) is 16.3. The van der Waals surface area contributed by atoms with Crippen LogP contribution in [0.3, 0.4) is 0 Å². The molecule has 0 atom stereocenters. The number of carbonyl (C=O) groups is 1. The molecule has 0 spiro atoms. The van der Waals surface area contributed by atoms with Gasteiger partial charge in [-0.2, -0.15) is 0 Å². The van der Waals surface area contributed by atoms with E-state index in [9.17, 15) is 9.90 Å². The lowest BCUT2D eigenvalue weighted by Crippen LogP contribution is -2.33. The van der Waals surface area contributed by atoms with Crippen molar-refractivity contribution in [2.45, 2.75) is 33.4 Å². The van der Waals surface area contributed by atoms with Crippen molar-refractivity contribution in [2.24, 2.45) is 0 Å². The van der Waals surface area contributed by atoms with Crippen LogP contribution in [0.2, 0.25) is 0 Å². The van der Waals surface area contributed by atoms with Crippen molar-refractivity contribution in [1.82, 2.24) is 4.90 Å². The number of para-hydroxylation sites is 2. The second-order valence-corrected chi connectivity index (χ2v) is 6.86. The van der Waals surface area contributed by atoms with Crippen molar-refractivity contribution in [3.8, 4) is 5.75 Å². The fraction of sp³-hybridized carbons (Fsp3) is 0.261. The van der Waals surface area contributed by atoms with E-state index >= 15 is 0 Å². The van der Waals surface area contributed by atoms with Gasteiger partial charge in [0.1, 0.15) is 11.5 Å². The lowest BCUT2D eigenvalue weighted by atomic mass is 10.1. The molecule has 1 amide bonds. The summed E-state index contributed by atoms with van der Waals surface area (Å²) in [7, 11) is 0. The zero-order chi connectivity index (χ0) is 19.9. The minimum Gasteiger partial charge on any atom is -0.508 e. The van der Waals surface area contributed by atoms with E-state index in [1.165, 1.54) is 0 Å². The highest BCUT2D eigenvalue weighted by Crippen LogP contribution is 2.22. The van der Waals surface area contributed by atoms with Gasteiger partial charge in [-0.3, -0.25) is 9.69 Å². The van der Waals surface area contributed by atoms with Gasteiger partial charge in [-0.05, 0) is 42.7 Å². The third-order valence-electron chi connectivity index (χ3n) is 4.72. The molecule has 1 aromatic heterocycles. The van der Waals surface area contributed by atoms with E-state index in [1.54, 1.807) is 18.4 Å². The summed E-state index contributed by atoms with van der Waals surface area (Å²) in [6.07, 6.45) is 2.47. The van der Waals surface area contributed by atoms with Crippen molar-refractivity contribution in [3.05, 3.63) is 83.3 Å². The maximum absolute atomic E-state index is 12.8. The fourth-order valence-electron chi connectivity index (χ4n) is 3.26. The number of amides is 1. The number of phenolic OH excluding ortho intramolecular Hbond substituents is 1. The Balaban J connectivity index is 1.75. The summed E-state index contributed by atoms with van der Waals surface area (Å²) < 4.78 is 5.45. The number of aryl methyl sites for hydroxylation is 2. The first-order valence-corrected chi connectivity index (χ1v) is 9.46. The van der Waals surface area contributed by atoms with E-state index in [0.717, 1.165) is 34.6 Å². The largest absolute Gasteiger partial charge is 0.508 e. The van der Waals surface area contributed by atoms with E-state index in [0.29, 0.717) is 13.1 Å². The van der Waals surface area contributed by atoms with Gasteiger partial charge in [-0.15, -0.1) is 0 Å². The Morgan fingerprint density at radius 2 is 1.82 bits per heavy atom. The molecule has 1 heterocycles. The molecule has 2 aromatic carbocycles. The minimum atomic E-state index is -0.0917. The number of nitrogens with zero attached hydrogens (tertiary/aromatic N) is 1. The van der Waals surface area contributed by atoms with Crippen LogP contribution in [0.5, 0.6) is 5.75 Å². The lowest BCUT2D eigenvalue weighted by Gasteiger charge is -2.22. The second kappa shape index (κ2) is 9.24. The number of nitrogens with one attached hydrogen (secondary N) is 1. The quantitative estimate of drug-likeness (QED) is 0.606. The third-order valence-corrected chi connectivity index (χ3v) is 4.72. The lowest BCUT2D eigenvalue weighted by molar-refractivity contribution is -0.117. The summed E-state index contributed by atoms with van der Waals surface area (Å²) in [5.74, 6) is 0.902. The maximum Gasteiger partial charge on any atom is 0.238 e. The highest BCUT2D eigenvalue weighted by atomic mass is 16.3. The zero-order valence-electron chi connectivity index (χ0n) is 16.3. The molecule has 5 nitrogen and oxygen atoms in total. The molecule has 5 heteroatoms. The van der Waals surface area contributed by atoms with Crippen molar-refractivity contribution < 1.29 is 14.3 Å². The first-order valence-electron chi connectivity index (χ1n) is 9.46. The summed E-state index contributed by atoms with van der Waals surface area (Å²) in [5.41, 5.74) is 3.82. The molecule has 0 radical (unpaired) electrons. The van der Waals surface area contributed by atoms with Crippen LogP contribution in [0.15, 0.2) is 65.3 Å². The number of phenols is 1. The third kappa shape index (κ3) is 5.02. The van der Waals surface area contributed by atoms with Gasteiger partial charge >= 0.3 is 0 Å². The Labute approximate surface area is 165 Å². The molecule has 0 fully saturated rings. The average Bonchev–Trinajstić information content (AvgIpc) is 3.18. The first-order chi connectivity index (χ1) is 13.6. The van der Waals surface area contributed by atoms with Gasteiger partial charge in [-0.25, -0.2) is 0 Å². The molecule has 0 unspecified atom stereocenters. The molecular formula is C23H26N2O3. The van der Waals surface area contributed by atoms with Crippen molar-refractivity contribution in [3.63, 3.8) is 0 Å². The maximum atomic E-state index is 12.8. The average molecular weight is 378 g/mol. The topological polar surface area (TPSA) is 65.7 Å². The molecule has 0 bridgehead atoms. The fourth-order valence-corrected chi connectivity index (χ4v) is 3.26. The normalized spacial score (nSPS) is 11.0. The standard InChI is InChI=1S/C23H26N2O3/c1-3-18-10-6-8-17(2)23(18)24-22(27)16-25(15-20-11-7-13-28-20)14-19-9-4-5-12-21(19)26/h4-13,26H,3,14-16H2,1-2H3,(H,24,27). The number of rotatable bonds is 8. The Hall–Kier alpha value is -3.05. The molecule has 0 saturated heterocycles. The number of furan rings is 1. The molecular weight excluding hydrogens is 352 g/mol. The van der Waals surface area contributed by atoms with Crippen LogP contribution in [0.25, 0.3) is 0 Å². The summed E-state index contributed by atoms with van der Waals surface area (Å²) in [6.45, 7) is 5.17. The molecule has 0 aliphatic carbocycles. The second-order valence-electron chi connectivity index (χ2n) is 6.86. The number of carbonyl (C=O) groups excluding carboxylic acids is 1. The number of hydrogen-bond donors (Lipinski definition) is 2. The van der Waals surface area contributed by atoms with Crippen molar-refractivity contribution in [2.75, 3.05) is 11.9 Å². The van der Waals surface area contributed by atoms with Crippen molar-refractivity contribution >= 4 is 11.6 Å². The van der Waals surface area contributed by atoms with Crippen molar-refractivity contribution in [1.29, 1.82) is 0 Å². The minimum absolute atomic E-state index is 0.0917. The molecule has 28 heavy (non-hydrogen) atoms. The van der Waals surface area contributed by atoms with Crippen LogP contribution >= 0.6 is 0 Å². The van der Waals surface area contributed by atoms with Gasteiger partial charge in [0.25, 0.3) is 0 Å². The van der Waals surface area contributed by atoms with Crippen LogP contribution in [0.4, 0.5) is 5.69 Å². The van der Waals surface area contributed by atoms with E-state index in [1.807, 2.05) is 54.3 Å². The molecule has 0 saturated carbocycles. The van der Waals surface area contributed by atoms with Gasteiger partial charge in [0.05, 0.1) is 19.4 Å². The summed E-state index contributed by atoms with van der Waals surface area (Å²) >= 11 is 0. The Morgan fingerprint density at radius 1 is 1.04 bits per heavy atom. The van der Waals surface area contributed by atoms with E-state index in [4.69, 9.17) is 4.42 Å². The Bertz CT molecular complexity index is 919. The molecule has 146 valence electrons. The van der Waals surface area contributed by atoms with E-state index < -0.39 is 0 Å². The molecule has 0 aliphatic rings. The van der Waals surface area contributed by atoms with Gasteiger partial charge in [0.15, 0.2) is 0 Å². The number of aromatic hydroxyl groups is 1. The predicted molar refractivity (Wildman–Crippen MR) is 110 cm³/mol.